The smallest absolute Gasteiger partial charge is 0.107 e. The van der Waals surface area contributed by atoms with Crippen molar-refractivity contribution in [3.8, 4) is 0 Å². The highest BCUT2D eigenvalue weighted by Crippen LogP contribution is 2.30. The summed E-state index contributed by atoms with van der Waals surface area (Å²) < 4.78 is 0. The molecule has 0 bridgehead atoms. The maximum atomic E-state index is 4.49. The molecule has 1 N–H and O–H groups in total. The predicted molar refractivity (Wildman–Crippen MR) is 73.2 cm³/mol. The van der Waals surface area contributed by atoms with Crippen LogP contribution in [0.1, 0.15) is 36.9 Å². The minimum atomic E-state index is 0.703. The molecule has 1 heterocycles. The molecule has 1 aliphatic rings. The summed E-state index contributed by atoms with van der Waals surface area (Å²) in [6.45, 7) is 5.26. The first-order valence-corrected chi connectivity index (χ1v) is 7.98. The van der Waals surface area contributed by atoms with E-state index in [0.717, 1.165) is 17.5 Å². The average molecular weight is 256 g/mol. The molecule has 0 aliphatic heterocycles. The summed E-state index contributed by atoms with van der Waals surface area (Å²) >= 11 is 3.87. The summed E-state index contributed by atoms with van der Waals surface area (Å²) in [6, 6.07) is 0.703. The molecule has 0 radical (unpaired) electrons. The van der Waals surface area contributed by atoms with Crippen LogP contribution in [0.4, 0.5) is 0 Å². The standard InChI is InChI=1S/C12H20N2S2/c1-3-15-11-6-4-5-10(11)13-7-12-14-9(2)8-16-12/h8,10-11,13H,3-7H2,1-2H3/t10-,11+/m0/s1. The number of thiazole rings is 1. The van der Waals surface area contributed by atoms with Crippen molar-refractivity contribution in [2.75, 3.05) is 5.75 Å². The Morgan fingerprint density at radius 1 is 1.56 bits per heavy atom. The van der Waals surface area contributed by atoms with Crippen LogP contribution in [-0.4, -0.2) is 22.0 Å². The Kier molecular flexibility index (Phi) is 4.67. The summed E-state index contributed by atoms with van der Waals surface area (Å²) in [6.07, 6.45) is 4.10. The van der Waals surface area contributed by atoms with Gasteiger partial charge in [-0.15, -0.1) is 11.3 Å². The SMILES string of the molecule is CCS[C@@H]1CCC[C@@H]1NCc1nc(C)cs1. The van der Waals surface area contributed by atoms with Crippen molar-refractivity contribution in [1.82, 2.24) is 10.3 Å². The number of hydrogen-bond donors (Lipinski definition) is 1. The molecule has 2 nitrogen and oxygen atoms in total. The summed E-state index contributed by atoms with van der Waals surface area (Å²) in [4.78, 5) is 4.49. The third-order valence-electron chi connectivity index (χ3n) is 3.02. The van der Waals surface area contributed by atoms with Crippen molar-refractivity contribution in [1.29, 1.82) is 0 Å². The first kappa shape index (κ1) is 12.4. The molecule has 1 aliphatic carbocycles. The molecule has 0 spiro atoms. The molecular formula is C12H20N2S2. The van der Waals surface area contributed by atoms with Crippen molar-refractivity contribution < 1.29 is 0 Å². The lowest BCUT2D eigenvalue weighted by Crippen LogP contribution is -2.33. The number of nitrogens with zero attached hydrogens (tertiary/aromatic N) is 1. The van der Waals surface area contributed by atoms with Gasteiger partial charge < -0.3 is 5.32 Å². The molecule has 90 valence electrons. The van der Waals surface area contributed by atoms with E-state index in [1.54, 1.807) is 11.3 Å². The minimum absolute atomic E-state index is 0.703. The number of aryl methyl sites for hydroxylation is 1. The van der Waals surface area contributed by atoms with Gasteiger partial charge in [-0.3, -0.25) is 0 Å². The van der Waals surface area contributed by atoms with Crippen molar-refractivity contribution in [2.24, 2.45) is 0 Å². The first-order valence-electron chi connectivity index (χ1n) is 6.05. The molecule has 0 unspecified atom stereocenters. The van der Waals surface area contributed by atoms with Gasteiger partial charge in [0.1, 0.15) is 5.01 Å². The van der Waals surface area contributed by atoms with E-state index in [1.807, 2.05) is 0 Å². The van der Waals surface area contributed by atoms with Gasteiger partial charge in [-0.1, -0.05) is 13.3 Å². The predicted octanol–water partition coefficient (Wildman–Crippen LogP) is 3.22. The van der Waals surface area contributed by atoms with Crippen LogP contribution in [0, 0.1) is 6.92 Å². The Balaban J connectivity index is 1.80. The van der Waals surface area contributed by atoms with Crippen molar-refractivity contribution in [3.05, 3.63) is 16.1 Å². The lowest BCUT2D eigenvalue weighted by atomic mass is 10.2. The van der Waals surface area contributed by atoms with Crippen LogP contribution >= 0.6 is 23.1 Å². The largest absolute Gasteiger partial charge is 0.307 e. The van der Waals surface area contributed by atoms with Gasteiger partial charge in [0, 0.05) is 28.9 Å². The van der Waals surface area contributed by atoms with E-state index in [2.05, 4.69) is 41.3 Å². The molecule has 1 fully saturated rings. The lowest BCUT2D eigenvalue weighted by molar-refractivity contribution is 0.531. The van der Waals surface area contributed by atoms with Gasteiger partial charge in [0.05, 0.1) is 0 Å². The molecule has 0 amide bonds. The summed E-state index contributed by atoms with van der Waals surface area (Å²) in [5.41, 5.74) is 1.15. The quantitative estimate of drug-likeness (QED) is 0.875. The zero-order valence-corrected chi connectivity index (χ0v) is 11.7. The van der Waals surface area contributed by atoms with Crippen LogP contribution in [0.15, 0.2) is 5.38 Å². The van der Waals surface area contributed by atoms with Crippen molar-refractivity contribution in [2.45, 2.75) is 50.9 Å². The van der Waals surface area contributed by atoms with Gasteiger partial charge in [-0.2, -0.15) is 11.8 Å². The first-order chi connectivity index (χ1) is 7.79. The zero-order chi connectivity index (χ0) is 11.4. The third-order valence-corrected chi connectivity index (χ3v) is 5.31. The fourth-order valence-electron chi connectivity index (χ4n) is 2.28. The van der Waals surface area contributed by atoms with Crippen molar-refractivity contribution >= 4 is 23.1 Å². The van der Waals surface area contributed by atoms with Gasteiger partial charge in [0.25, 0.3) is 0 Å². The van der Waals surface area contributed by atoms with E-state index < -0.39 is 0 Å². The van der Waals surface area contributed by atoms with E-state index in [0.29, 0.717) is 6.04 Å². The topological polar surface area (TPSA) is 24.9 Å². The Hall–Kier alpha value is -0.0600. The molecule has 2 atom stereocenters. The van der Waals surface area contributed by atoms with Crippen LogP contribution in [0.2, 0.25) is 0 Å². The second kappa shape index (κ2) is 6.03. The van der Waals surface area contributed by atoms with E-state index in [-0.39, 0.29) is 0 Å². The van der Waals surface area contributed by atoms with Gasteiger partial charge in [-0.25, -0.2) is 4.98 Å². The fourth-order valence-corrected chi connectivity index (χ4v) is 4.22. The normalized spacial score (nSPS) is 25.1. The average Bonchev–Trinajstić information content (AvgIpc) is 2.85. The molecule has 0 saturated heterocycles. The number of rotatable bonds is 5. The second-order valence-corrected chi connectivity index (χ2v) is 6.75. The molecule has 1 saturated carbocycles. The van der Waals surface area contributed by atoms with E-state index in [9.17, 15) is 0 Å². The lowest BCUT2D eigenvalue weighted by Gasteiger charge is -2.19. The Labute approximate surface area is 106 Å². The van der Waals surface area contributed by atoms with E-state index in [4.69, 9.17) is 0 Å². The van der Waals surface area contributed by atoms with E-state index >= 15 is 0 Å². The molecule has 0 aromatic carbocycles. The van der Waals surface area contributed by atoms with Crippen LogP contribution in [0.25, 0.3) is 0 Å². The monoisotopic (exact) mass is 256 g/mol. The maximum Gasteiger partial charge on any atom is 0.107 e. The Morgan fingerprint density at radius 3 is 3.12 bits per heavy atom. The van der Waals surface area contributed by atoms with Gasteiger partial charge in [-0.05, 0) is 25.5 Å². The summed E-state index contributed by atoms with van der Waals surface area (Å²) in [5.74, 6) is 1.24. The maximum absolute atomic E-state index is 4.49. The van der Waals surface area contributed by atoms with Crippen LogP contribution in [0.3, 0.4) is 0 Å². The number of thioether (sulfide) groups is 1. The number of hydrogen-bond acceptors (Lipinski definition) is 4. The number of nitrogens with one attached hydrogen (secondary N) is 1. The Morgan fingerprint density at radius 2 is 2.44 bits per heavy atom. The van der Waals surface area contributed by atoms with Crippen molar-refractivity contribution in [3.63, 3.8) is 0 Å². The van der Waals surface area contributed by atoms with E-state index in [1.165, 1.54) is 30.0 Å². The molecule has 1 aromatic rings. The van der Waals surface area contributed by atoms with Gasteiger partial charge >= 0.3 is 0 Å². The fraction of sp³-hybridized carbons (Fsp3) is 0.750. The summed E-state index contributed by atoms with van der Waals surface area (Å²) in [7, 11) is 0. The second-order valence-electron chi connectivity index (χ2n) is 4.29. The van der Waals surface area contributed by atoms with Crippen LogP contribution in [0.5, 0.6) is 0 Å². The zero-order valence-electron chi connectivity index (χ0n) is 10.0. The highest BCUT2D eigenvalue weighted by molar-refractivity contribution is 7.99. The highest BCUT2D eigenvalue weighted by Gasteiger charge is 2.26. The number of aromatic nitrogens is 1. The molecular weight excluding hydrogens is 236 g/mol. The molecule has 16 heavy (non-hydrogen) atoms. The third kappa shape index (κ3) is 3.22. The Bertz CT molecular complexity index is 325. The summed E-state index contributed by atoms with van der Waals surface area (Å²) in [5, 5.41) is 7.85. The van der Waals surface area contributed by atoms with Gasteiger partial charge in [0.2, 0.25) is 0 Å². The highest BCUT2D eigenvalue weighted by atomic mass is 32.2. The molecule has 4 heteroatoms. The minimum Gasteiger partial charge on any atom is -0.307 e. The molecule has 2 rings (SSSR count). The van der Waals surface area contributed by atoms with Crippen LogP contribution in [-0.2, 0) is 6.54 Å². The molecule has 1 aromatic heterocycles. The van der Waals surface area contributed by atoms with Gasteiger partial charge in [0.15, 0.2) is 0 Å². The van der Waals surface area contributed by atoms with Crippen LogP contribution < -0.4 is 5.32 Å².